The van der Waals surface area contributed by atoms with Gasteiger partial charge >= 0.3 is 0 Å². The minimum absolute atomic E-state index is 0.196. The van der Waals surface area contributed by atoms with Crippen molar-refractivity contribution in [1.29, 1.82) is 0 Å². The zero-order chi connectivity index (χ0) is 16.8. The number of aromatic nitrogens is 5. The first-order valence-electron chi connectivity index (χ1n) is 8.89. The Labute approximate surface area is 142 Å². The monoisotopic (exact) mass is 330 g/mol. The van der Waals surface area contributed by atoms with E-state index >= 15 is 0 Å². The average Bonchev–Trinajstić information content (AvgIpc) is 3.29. The zero-order valence-corrected chi connectivity index (χ0v) is 14.3. The van der Waals surface area contributed by atoms with Gasteiger partial charge in [-0.25, -0.2) is 9.97 Å². The third-order valence-electron chi connectivity index (χ3n) is 4.66. The number of carbonyl (C=O) groups is 1. The number of rotatable bonds is 7. The van der Waals surface area contributed by atoms with Crippen LogP contribution in [0, 0.1) is 0 Å². The molecule has 3 rings (SSSR count). The van der Waals surface area contributed by atoms with E-state index in [4.69, 9.17) is 0 Å². The first-order chi connectivity index (χ1) is 11.8. The highest BCUT2D eigenvalue weighted by atomic mass is 16.2. The van der Waals surface area contributed by atoms with Gasteiger partial charge in [-0.3, -0.25) is 9.48 Å². The van der Waals surface area contributed by atoms with Crippen molar-refractivity contribution in [2.75, 3.05) is 13.1 Å². The number of amides is 1. The first kappa shape index (κ1) is 16.7. The van der Waals surface area contributed by atoms with Crippen LogP contribution in [0.25, 0.3) is 0 Å². The Balaban J connectivity index is 1.57. The number of likely N-dealkylation sites (tertiary alicyclic amines) is 1. The molecule has 7 heteroatoms. The number of unbranched alkanes of at least 4 members (excludes halogenated alkanes) is 1. The van der Waals surface area contributed by atoms with Crippen molar-refractivity contribution in [3.05, 3.63) is 30.9 Å². The second kappa shape index (κ2) is 8.08. The molecule has 7 nitrogen and oxygen atoms in total. The van der Waals surface area contributed by atoms with Crippen LogP contribution < -0.4 is 0 Å². The van der Waals surface area contributed by atoms with Crippen molar-refractivity contribution in [3.63, 3.8) is 0 Å². The lowest BCUT2D eigenvalue weighted by atomic mass is 9.96. The summed E-state index contributed by atoms with van der Waals surface area (Å²) in [4.78, 5) is 23.0. The highest BCUT2D eigenvalue weighted by Gasteiger charge is 2.27. The van der Waals surface area contributed by atoms with Crippen LogP contribution in [0.15, 0.2) is 25.0 Å². The maximum atomic E-state index is 12.5. The fourth-order valence-electron chi connectivity index (χ4n) is 3.33. The molecule has 1 fully saturated rings. The Bertz CT molecular complexity index is 635. The van der Waals surface area contributed by atoms with Crippen LogP contribution in [-0.2, 0) is 17.9 Å². The lowest BCUT2D eigenvalue weighted by Crippen LogP contribution is -2.40. The third-order valence-corrected chi connectivity index (χ3v) is 4.66. The summed E-state index contributed by atoms with van der Waals surface area (Å²) in [5.74, 6) is 1.68. The van der Waals surface area contributed by atoms with E-state index in [9.17, 15) is 4.79 Å². The minimum Gasteiger partial charge on any atom is -0.342 e. The molecule has 1 unspecified atom stereocenters. The summed E-state index contributed by atoms with van der Waals surface area (Å²) < 4.78 is 3.97. The molecule has 24 heavy (non-hydrogen) atoms. The number of imidazole rings is 1. The summed E-state index contributed by atoms with van der Waals surface area (Å²) in [7, 11) is 0. The molecule has 1 amide bonds. The number of hydrogen-bond donors (Lipinski definition) is 0. The standard InChI is InChI=1S/C17H26N6O/c1-2-3-8-21-11-7-19-17(21)15-5-4-9-22(12-15)16(24)6-10-23-14-18-13-20-23/h7,11,13-15H,2-6,8-10,12H2,1H3. The Morgan fingerprint density at radius 1 is 1.38 bits per heavy atom. The van der Waals surface area contributed by atoms with E-state index in [0.29, 0.717) is 18.9 Å². The van der Waals surface area contributed by atoms with E-state index < -0.39 is 0 Å². The molecule has 1 saturated heterocycles. The summed E-state index contributed by atoms with van der Waals surface area (Å²) in [5.41, 5.74) is 0. The van der Waals surface area contributed by atoms with Crippen LogP contribution in [0.3, 0.4) is 0 Å². The molecular weight excluding hydrogens is 304 g/mol. The molecule has 1 aliphatic heterocycles. The Morgan fingerprint density at radius 2 is 2.29 bits per heavy atom. The van der Waals surface area contributed by atoms with Gasteiger partial charge in [0.25, 0.3) is 0 Å². The summed E-state index contributed by atoms with van der Waals surface area (Å²) in [5, 5.41) is 4.05. The molecule has 0 aromatic carbocycles. The normalized spacial score (nSPS) is 18.0. The molecule has 0 spiro atoms. The van der Waals surface area contributed by atoms with Gasteiger partial charge in [-0.15, -0.1) is 0 Å². The molecule has 0 saturated carbocycles. The predicted molar refractivity (Wildman–Crippen MR) is 90.3 cm³/mol. The van der Waals surface area contributed by atoms with Crippen molar-refractivity contribution in [1.82, 2.24) is 29.2 Å². The van der Waals surface area contributed by atoms with Gasteiger partial charge in [0.2, 0.25) is 5.91 Å². The molecule has 130 valence electrons. The van der Waals surface area contributed by atoms with Crippen LogP contribution in [-0.4, -0.2) is 48.2 Å². The Kier molecular flexibility index (Phi) is 5.61. The van der Waals surface area contributed by atoms with Crippen LogP contribution in [0.2, 0.25) is 0 Å². The van der Waals surface area contributed by atoms with Crippen molar-refractivity contribution >= 4 is 5.91 Å². The molecule has 2 aromatic rings. The molecule has 3 heterocycles. The van der Waals surface area contributed by atoms with E-state index in [2.05, 4.69) is 32.8 Å². The Hall–Kier alpha value is -2.18. The van der Waals surface area contributed by atoms with Crippen molar-refractivity contribution in [2.45, 2.75) is 58.0 Å². The summed E-state index contributed by atoms with van der Waals surface area (Å²) in [6.07, 6.45) is 12.1. The van der Waals surface area contributed by atoms with E-state index in [1.54, 1.807) is 11.0 Å². The maximum Gasteiger partial charge on any atom is 0.224 e. The van der Waals surface area contributed by atoms with E-state index in [-0.39, 0.29) is 5.91 Å². The highest BCUT2D eigenvalue weighted by Crippen LogP contribution is 2.26. The van der Waals surface area contributed by atoms with Gasteiger partial charge < -0.3 is 9.47 Å². The van der Waals surface area contributed by atoms with E-state index in [0.717, 1.165) is 44.7 Å². The fourth-order valence-corrected chi connectivity index (χ4v) is 3.33. The lowest BCUT2D eigenvalue weighted by molar-refractivity contribution is -0.132. The van der Waals surface area contributed by atoms with Crippen molar-refractivity contribution in [2.24, 2.45) is 0 Å². The van der Waals surface area contributed by atoms with Gasteiger partial charge in [0.1, 0.15) is 18.5 Å². The van der Waals surface area contributed by atoms with Crippen LogP contribution in [0.1, 0.15) is 50.8 Å². The van der Waals surface area contributed by atoms with Crippen LogP contribution in [0.4, 0.5) is 0 Å². The minimum atomic E-state index is 0.196. The molecular formula is C17H26N6O. The second-order valence-electron chi connectivity index (χ2n) is 6.42. The Morgan fingerprint density at radius 3 is 3.08 bits per heavy atom. The number of hydrogen-bond acceptors (Lipinski definition) is 4. The number of carbonyl (C=O) groups excluding carboxylic acids is 1. The summed E-state index contributed by atoms with van der Waals surface area (Å²) in [6, 6.07) is 0. The quantitative estimate of drug-likeness (QED) is 0.779. The second-order valence-corrected chi connectivity index (χ2v) is 6.42. The largest absolute Gasteiger partial charge is 0.342 e. The van der Waals surface area contributed by atoms with Gasteiger partial charge in [0.05, 0.1) is 6.54 Å². The van der Waals surface area contributed by atoms with E-state index in [1.807, 2.05) is 11.1 Å². The van der Waals surface area contributed by atoms with Gasteiger partial charge in [-0.05, 0) is 19.3 Å². The molecule has 1 aliphatic rings. The molecule has 1 atom stereocenters. The molecule has 0 N–H and O–H groups in total. The van der Waals surface area contributed by atoms with Gasteiger partial charge in [0.15, 0.2) is 0 Å². The predicted octanol–water partition coefficient (Wildman–Crippen LogP) is 2.07. The first-order valence-corrected chi connectivity index (χ1v) is 8.89. The molecule has 0 radical (unpaired) electrons. The SMILES string of the molecule is CCCCn1ccnc1C1CCCN(C(=O)CCn2cncn2)C1. The summed E-state index contributed by atoms with van der Waals surface area (Å²) in [6.45, 7) is 5.43. The van der Waals surface area contributed by atoms with Gasteiger partial charge in [0, 0.05) is 44.4 Å². The number of nitrogens with zero attached hydrogens (tertiary/aromatic N) is 6. The molecule has 0 bridgehead atoms. The topological polar surface area (TPSA) is 68.8 Å². The van der Waals surface area contributed by atoms with Crippen LogP contribution in [0.5, 0.6) is 0 Å². The van der Waals surface area contributed by atoms with Gasteiger partial charge in [-0.1, -0.05) is 13.3 Å². The lowest BCUT2D eigenvalue weighted by Gasteiger charge is -2.32. The maximum absolute atomic E-state index is 12.5. The zero-order valence-electron chi connectivity index (χ0n) is 14.3. The molecule has 0 aliphatic carbocycles. The summed E-state index contributed by atoms with van der Waals surface area (Å²) >= 11 is 0. The smallest absolute Gasteiger partial charge is 0.224 e. The fraction of sp³-hybridized carbons (Fsp3) is 0.647. The van der Waals surface area contributed by atoms with Crippen molar-refractivity contribution < 1.29 is 4.79 Å². The third kappa shape index (κ3) is 4.01. The van der Waals surface area contributed by atoms with Crippen molar-refractivity contribution in [3.8, 4) is 0 Å². The highest BCUT2D eigenvalue weighted by molar-refractivity contribution is 5.76. The number of piperidine rings is 1. The number of aryl methyl sites for hydroxylation is 2. The van der Waals surface area contributed by atoms with Gasteiger partial charge in [-0.2, -0.15) is 5.10 Å². The van der Waals surface area contributed by atoms with Crippen LogP contribution >= 0.6 is 0 Å². The van der Waals surface area contributed by atoms with E-state index in [1.165, 1.54) is 12.7 Å². The molecule has 2 aromatic heterocycles. The average molecular weight is 330 g/mol.